The van der Waals surface area contributed by atoms with Crippen LogP contribution in [0.1, 0.15) is 17.5 Å². The number of nitro benzene ring substituents is 1. The summed E-state index contributed by atoms with van der Waals surface area (Å²) in [6, 6.07) is 2.33. The van der Waals surface area contributed by atoms with E-state index in [9.17, 15) is 14.5 Å². The van der Waals surface area contributed by atoms with Gasteiger partial charge in [-0.3, -0.25) is 10.1 Å². The van der Waals surface area contributed by atoms with E-state index in [1.165, 1.54) is 19.1 Å². The maximum atomic E-state index is 13.4. The summed E-state index contributed by atoms with van der Waals surface area (Å²) in [6.45, 7) is 1.45. The van der Waals surface area contributed by atoms with Gasteiger partial charge in [-0.05, 0) is 19.4 Å². The summed E-state index contributed by atoms with van der Waals surface area (Å²) in [5.41, 5.74) is 0.345. The van der Waals surface area contributed by atoms with Crippen molar-refractivity contribution in [2.45, 2.75) is 13.3 Å². The molecule has 0 aliphatic heterocycles. The lowest BCUT2D eigenvalue weighted by Crippen LogP contribution is -1.94. The molecule has 0 spiro atoms. The van der Waals surface area contributed by atoms with Crippen molar-refractivity contribution < 1.29 is 14.4 Å². The second-order valence-corrected chi connectivity index (χ2v) is 3.33. The third kappa shape index (κ3) is 2.87. The fourth-order valence-corrected chi connectivity index (χ4v) is 1.29. The quantitative estimate of drug-likeness (QED) is 0.632. The Balaban J connectivity index is 3.09. The van der Waals surface area contributed by atoms with Crippen LogP contribution in [0.3, 0.4) is 0 Å². The summed E-state index contributed by atoms with van der Waals surface area (Å²) in [5, 5.41) is 19.2. The van der Waals surface area contributed by atoms with Crippen LogP contribution in [0.2, 0.25) is 0 Å². The van der Waals surface area contributed by atoms with Gasteiger partial charge in [-0.2, -0.15) is 0 Å². The van der Waals surface area contributed by atoms with Crippen LogP contribution < -0.4 is 0 Å². The molecule has 0 aliphatic rings. The highest BCUT2D eigenvalue weighted by Crippen LogP contribution is 2.23. The molecule has 0 heterocycles. The third-order valence-corrected chi connectivity index (χ3v) is 2.11. The maximum Gasteiger partial charge on any atom is 0.273 e. The second kappa shape index (κ2) is 5.37. The number of aliphatic hydroxyl groups excluding tert-OH is 1. The van der Waals surface area contributed by atoms with Gasteiger partial charge in [0.25, 0.3) is 5.69 Å². The molecule has 0 saturated heterocycles. The molecule has 4 nitrogen and oxygen atoms in total. The van der Waals surface area contributed by atoms with Gasteiger partial charge in [0.05, 0.1) is 4.92 Å². The standard InChI is InChI=1S/C11H12FNO3/c1-8-6-10(12)9(4-2-3-5-14)7-11(8)13(15)16/h2,4,6-7,14H,3,5H2,1H3. The van der Waals surface area contributed by atoms with Crippen LogP contribution in [0.5, 0.6) is 0 Å². The summed E-state index contributed by atoms with van der Waals surface area (Å²) < 4.78 is 13.4. The molecule has 1 rings (SSSR count). The van der Waals surface area contributed by atoms with Gasteiger partial charge >= 0.3 is 0 Å². The second-order valence-electron chi connectivity index (χ2n) is 3.33. The van der Waals surface area contributed by atoms with Gasteiger partial charge in [0.15, 0.2) is 0 Å². The lowest BCUT2D eigenvalue weighted by molar-refractivity contribution is -0.385. The highest BCUT2D eigenvalue weighted by molar-refractivity contribution is 5.56. The van der Waals surface area contributed by atoms with Crippen LogP contribution in [0.15, 0.2) is 18.2 Å². The minimum atomic E-state index is -0.543. The molecule has 0 unspecified atom stereocenters. The predicted molar refractivity (Wildman–Crippen MR) is 58.5 cm³/mol. The minimum Gasteiger partial charge on any atom is -0.396 e. The molecule has 5 heteroatoms. The molecule has 1 aromatic carbocycles. The molecule has 1 N–H and O–H groups in total. The zero-order chi connectivity index (χ0) is 12.1. The topological polar surface area (TPSA) is 63.4 Å². The van der Waals surface area contributed by atoms with E-state index in [-0.39, 0.29) is 17.9 Å². The fraction of sp³-hybridized carbons (Fsp3) is 0.273. The van der Waals surface area contributed by atoms with Crippen molar-refractivity contribution in [1.29, 1.82) is 0 Å². The Labute approximate surface area is 92.2 Å². The summed E-state index contributed by atoms with van der Waals surface area (Å²) >= 11 is 0. The fourth-order valence-electron chi connectivity index (χ4n) is 1.29. The van der Waals surface area contributed by atoms with Gasteiger partial charge in [-0.15, -0.1) is 0 Å². The third-order valence-electron chi connectivity index (χ3n) is 2.11. The number of nitro groups is 1. The van der Waals surface area contributed by atoms with E-state index < -0.39 is 10.7 Å². The largest absolute Gasteiger partial charge is 0.396 e. The van der Waals surface area contributed by atoms with Crippen molar-refractivity contribution in [3.05, 3.63) is 45.3 Å². The molecule has 0 amide bonds. The van der Waals surface area contributed by atoms with Gasteiger partial charge < -0.3 is 5.11 Å². The van der Waals surface area contributed by atoms with Crippen molar-refractivity contribution >= 4 is 11.8 Å². The van der Waals surface area contributed by atoms with Gasteiger partial charge in [-0.25, -0.2) is 4.39 Å². The van der Waals surface area contributed by atoms with Crippen LogP contribution in [-0.4, -0.2) is 16.6 Å². The van der Waals surface area contributed by atoms with Crippen molar-refractivity contribution in [2.75, 3.05) is 6.61 Å². The summed E-state index contributed by atoms with van der Waals surface area (Å²) in [6.07, 6.45) is 3.39. The van der Waals surface area contributed by atoms with Gasteiger partial charge in [-0.1, -0.05) is 12.2 Å². The Kier molecular flexibility index (Phi) is 4.13. The predicted octanol–water partition coefficient (Wildman–Crippen LogP) is 2.44. The maximum absolute atomic E-state index is 13.4. The van der Waals surface area contributed by atoms with E-state index in [1.54, 1.807) is 6.08 Å². The number of halogens is 1. The number of aryl methyl sites for hydroxylation is 1. The van der Waals surface area contributed by atoms with E-state index in [0.717, 1.165) is 6.07 Å². The molecule has 86 valence electrons. The smallest absolute Gasteiger partial charge is 0.273 e. The molecule has 0 radical (unpaired) electrons. The van der Waals surface area contributed by atoms with E-state index in [4.69, 9.17) is 5.11 Å². The Morgan fingerprint density at radius 3 is 2.81 bits per heavy atom. The zero-order valence-corrected chi connectivity index (χ0v) is 8.81. The van der Waals surface area contributed by atoms with E-state index >= 15 is 0 Å². The first-order valence-corrected chi connectivity index (χ1v) is 4.78. The Hall–Kier alpha value is -1.75. The minimum absolute atomic E-state index is 0.0356. The number of hydrogen-bond donors (Lipinski definition) is 1. The van der Waals surface area contributed by atoms with E-state index in [0.29, 0.717) is 12.0 Å². The zero-order valence-electron chi connectivity index (χ0n) is 8.81. The molecule has 1 aromatic rings. The van der Waals surface area contributed by atoms with Gasteiger partial charge in [0.1, 0.15) is 5.82 Å². The lowest BCUT2D eigenvalue weighted by atomic mass is 10.1. The summed E-state index contributed by atoms with van der Waals surface area (Å²) in [7, 11) is 0. The first kappa shape index (κ1) is 12.3. The van der Waals surface area contributed by atoms with Crippen LogP contribution in [-0.2, 0) is 0 Å². The first-order chi connectivity index (χ1) is 7.56. The Bertz CT molecular complexity index is 429. The molecule has 16 heavy (non-hydrogen) atoms. The highest BCUT2D eigenvalue weighted by Gasteiger charge is 2.13. The molecule has 0 aliphatic carbocycles. The van der Waals surface area contributed by atoms with Gasteiger partial charge in [0.2, 0.25) is 0 Å². The molecule has 0 bridgehead atoms. The molecule has 0 fully saturated rings. The van der Waals surface area contributed by atoms with Crippen molar-refractivity contribution in [2.24, 2.45) is 0 Å². The van der Waals surface area contributed by atoms with Gasteiger partial charge in [0, 0.05) is 23.8 Å². The molecule has 0 saturated carbocycles. The van der Waals surface area contributed by atoms with Crippen LogP contribution in [0.4, 0.5) is 10.1 Å². The Morgan fingerprint density at radius 1 is 1.56 bits per heavy atom. The summed E-state index contributed by atoms with van der Waals surface area (Å²) in [5.74, 6) is -0.503. The monoisotopic (exact) mass is 225 g/mol. The highest BCUT2D eigenvalue weighted by atomic mass is 19.1. The van der Waals surface area contributed by atoms with Crippen molar-refractivity contribution in [3.8, 4) is 0 Å². The van der Waals surface area contributed by atoms with Crippen LogP contribution in [0.25, 0.3) is 6.08 Å². The van der Waals surface area contributed by atoms with Crippen molar-refractivity contribution in [3.63, 3.8) is 0 Å². The van der Waals surface area contributed by atoms with E-state index in [2.05, 4.69) is 0 Å². The normalized spacial score (nSPS) is 10.9. The number of hydrogen-bond acceptors (Lipinski definition) is 3. The molecule has 0 atom stereocenters. The SMILES string of the molecule is Cc1cc(F)c(C=CCCO)cc1[N+](=O)[O-]. The molecular formula is C11H12FNO3. The Morgan fingerprint density at radius 2 is 2.25 bits per heavy atom. The van der Waals surface area contributed by atoms with Crippen molar-refractivity contribution in [1.82, 2.24) is 0 Å². The first-order valence-electron chi connectivity index (χ1n) is 4.78. The number of nitrogens with zero attached hydrogens (tertiary/aromatic N) is 1. The average molecular weight is 225 g/mol. The van der Waals surface area contributed by atoms with Crippen LogP contribution in [0, 0.1) is 22.9 Å². The number of benzene rings is 1. The number of rotatable bonds is 4. The molecule has 0 aromatic heterocycles. The summed E-state index contributed by atoms with van der Waals surface area (Å²) in [4.78, 5) is 10.1. The molecular weight excluding hydrogens is 213 g/mol. The average Bonchev–Trinajstić information content (AvgIpc) is 2.21. The number of aliphatic hydroxyl groups is 1. The lowest BCUT2D eigenvalue weighted by Gasteiger charge is -2.01. The van der Waals surface area contributed by atoms with E-state index in [1.807, 2.05) is 0 Å². The van der Waals surface area contributed by atoms with Crippen LogP contribution >= 0.6 is 0 Å².